The van der Waals surface area contributed by atoms with E-state index in [0.29, 0.717) is 13.0 Å². The number of carbonyl (C=O) groups is 1. The maximum absolute atomic E-state index is 12.5. The Morgan fingerprint density at radius 2 is 1.94 bits per heavy atom. The fourth-order valence-corrected chi connectivity index (χ4v) is 4.42. The minimum Gasteiger partial charge on any atom is -0.493 e. The molecule has 1 aromatic heterocycles. The Hall–Kier alpha value is -2.82. The zero-order chi connectivity index (χ0) is 21.8. The molecule has 1 aliphatic rings. The van der Waals surface area contributed by atoms with Gasteiger partial charge in [0.1, 0.15) is 11.6 Å². The second-order valence-electron chi connectivity index (χ2n) is 8.68. The molecule has 2 heterocycles. The average Bonchev–Trinajstić information content (AvgIpc) is 3.32. The number of benzene rings is 2. The fourth-order valence-electron chi connectivity index (χ4n) is 4.42. The number of hydrogen-bond acceptors (Lipinski definition) is 3. The molecule has 1 saturated heterocycles. The van der Waals surface area contributed by atoms with Gasteiger partial charge in [0, 0.05) is 32.0 Å². The van der Waals surface area contributed by atoms with Gasteiger partial charge in [0.05, 0.1) is 17.6 Å². The highest BCUT2D eigenvalue weighted by Crippen LogP contribution is 2.31. The van der Waals surface area contributed by atoms with Crippen LogP contribution in [-0.2, 0) is 11.3 Å². The number of hydrogen-bond donors (Lipinski definition) is 0. The summed E-state index contributed by atoms with van der Waals surface area (Å²) in [4.78, 5) is 19.5. The Bertz CT molecular complexity index is 1060. The molecule has 1 amide bonds. The minimum absolute atomic E-state index is 0.164. The van der Waals surface area contributed by atoms with E-state index in [2.05, 4.69) is 61.7 Å². The zero-order valence-corrected chi connectivity index (χ0v) is 18.9. The highest BCUT2D eigenvalue weighted by Gasteiger charge is 2.33. The minimum atomic E-state index is 0.164. The number of aryl methyl sites for hydroxylation is 3. The lowest BCUT2D eigenvalue weighted by Gasteiger charge is -2.17. The first kappa shape index (κ1) is 21.4. The monoisotopic (exact) mass is 419 g/mol. The van der Waals surface area contributed by atoms with Crippen LogP contribution in [0.2, 0.25) is 0 Å². The van der Waals surface area contributed by atoms with Crippen molar-refractivity contribution >= 4 is 16.9 Å². The van der Waals surface area contributed by atoms with Crippen LogP contribution in [0.15, 0.2) is 42.5 Å². The van der Waals surface area contributed by atoms with E-state index in [-0.39, 0.29) is 11.8 Å². The van der Waals surface area contributed by atoms with E-state index in [4.69, 9.17) is 9.72 Å². The summed E-state index contributed by atoms with van der Waals surface area (Å²) in [5.41, 5.74) is 4.52. The van der Waals surface area contributed by atoms with Gasteiger partial charge in [0.2, 0.25) is 5.91 Å². The standard InChI is InChI=1S/C26H33N3O2/c1-4-5-13-28-18-21(17-25(28)30)26-27-22-9-6-7-10-23(22)29(26)14-8-15-31-24-16-19(2)11-12-20(24)3/h6-7,9-12,16,21H,4-5,8,13-15,17-18H2,1-3H3/t21-/m1/s1. The van der Waals surface area contributed by atoms with Gasteiger partial charge in [-0.05, 0) is 56.0 Å². The first-order chi connectivity index (χ1) is 15.1. The number of nitrogens with zero attached hydrogens (tertiary/aromatic N) is 3. The van der Waals surface area contributed by atoms with Crippen LogP contribution in [0, 0.1) is 13.8 Å². The maximum Gasteiger partial charge on any atom is 0.223 e. The van der Waals surface area contributed by atoms with Gasteiger partial charge in [0.25, 0.3) is 0 Å². The smallest absolute Gasteiger partial charge is 0.223 e. The predicted octanol–water partition coefficient (Wildman–Crippen LogP) is 5.24. The van der Waals surface area contributed by atoms with Crippen LogP contribution in [0.3, 0.4) is 0 Å². The molecular weight excluding hydrogens is 386 g/mol. The highest BCUT2D eigenvalue weighted by molar-refractivity contribution is 5.80. The van der Waals surface area contributed by atoms with Crippen LogP contribution in [0.25, 0.3) is 11.0 Å². The van der Waals surface area contributed by atoms with E-state index in [1.807, 2.05) is 11.0 Å². The number of ether oxygens (including phenoxy) is 1. The summed E-state index contributed by atoms with van der Waals surface area (Å²) < 4.78 is 8.38. The van der Waals surface area contributed by atoms with E-state index < -0.39 is 0 Å². The van der Waals surface area contributed by atoms with Gasteiger partial charge in [0.15, 0.2) is 0 Å². The molecule has 5 nitrogen and oxygen atoms in total. The first-order valence-electron chi connectivity index (χ1n) is 11.5. The van der Waals surface area contributed by atoms with Crippen molar-refractivity contribution in [2.45, 2.75) is 58.9 Å². The molecule has 0 bridgehead atoms. The van der Waals surface area contributed by atoms with Crippen LogP contribution >= 0.6 is 0 Å². The predicted molar refractivity (Wildman–Crippen MR) is 125 cm³/mol. The second-order valence-corrected chi connectivity index (χ2v) is 8.68. The van der Waals surface area contributed by atoms with Crippen molar-refractivity contribution in [3.8, 4) is 5.75 Å². The van der Waals surface area contributed by atoms with Crippen LogP contribution in [-0.4, -0.2) is 40.1 Å². The third kappa shape index (κ3) is 4.76. The molecule has 1 atom stereocenters. The van der Waals surface area contributed by atoms with Gasteiger partial charge >= 0.3 is 0 Å². The number of unbranched alkanes of at least 4 members (excludes halogenated alkanes) is 1. The Morgan fingerprint density at radius 3 is 2.77 bits per heavy atom. The molecule has 1 aliphatic heterocycles. The fraction of sp³-hybridized carbons (Fsp3) is 0.462. The van der Waals surface area contributed by atoms with E-state index in [9.17, 15) is 4.79 Å². The molecule has 0 radical (unpaired) electrons. The first-order valence-corrected chi connectivity index (χ1v) is 11.5. The molecule has 0 N–H and O–H groups in total. The largest absolute Gasteiger partial charge is 0.493 e. The molecule has 0 spiro atoms. The lowest BCUT2D eigenvalue weighted by atomic mass is 10.1. The SMILES string of the molecule is CCCCN1C[C@H](c2nc3ccccc3n2CCCOc2cc(C)ccc2C)CC1=O. The molecule has 0 unspecified atom stereocenters. The van der Waals surface area contributed by atoms with Crippen LogP contribution in [0.1, 0.15) is 55.5 Å². The summed E-state index contributed by atoms with van der Waals surface area (Å²) in [5.74, 6) is 2.43. The molecule has 1 fully saturated rings. The molecule has 5 heteroatoms. The Morgan fingerprint density at radius 1 is 1.10 bits per heavy atom. The van der Waals surface area contributed by atoms with E-state index in [1.54, 1.807) is 0 Å². The lowest BCUT2D eigenvalue weighted by molar-refractivity contribution is -0.127. The van der Waals surface area contributed by atoms with Gasteiger partial charge < -0.3 is 14.2 Å². The second kappa shape index (κ2) is 9.54. The van der Waals surface area contributed by atoms with Gasteiger partial charge in [-0.3, -0.25) is 4.79 Å². The normalized spacial score (nSPS) is 16.4. The summed E-state index contributed by atoms with van der Waals surface area (Å²) in [6.45, 7) is 9.46. The van der Waals surface area contributed by atoms with Crippen molar-refractivity contribution in [1.82, 2.24) is 14.5 Å². The molecule has 4 rings (SSSR count). The summed E-state index contributed by atoms with van der Waals surface area (Å²) in [6, 6.07) is 14.6. The van der Waals surface area contributed by atoms with Crippen LogP contribution in [0.4, 0.5) is 0 Å². The number of amides is 1. The summed E-state index contributed by atoms with van der Waals surface area (Å²) in [6.07, 6.45) is 3.62. The Labute approximate surface area is 185 Å². The van der Waals surface area contributed by atoms with Crippen molar-refractivity contribution in [1.29, 1.82) is 0 Å². The number of fused-ring (bicyclic) bond motifs is 1. The topological polar surface area (TPSA) is 47.4 Å². The zero-order valence-electron chi connectivity index (χ0n) is 18.9. The number of aromatic nitrogens is 2. The molecule has 0 saturated carbocycles. The molecular formula is C26H33N3O2. The third-order valence-corrected chi connectivity index (χ3v) is 6.17. The van der Waals surface area contributed by atoms with Crippen LogP contribution in [0.5, 0.6) is 5.75 Å². The van der Waals surface area contributed by atoms with Crippen molar-refractivity contribution < 1.29 is 9.53 Å². The van der Waals surface area contributed by atoms with Gasteiger partial charge in [-0.2, -0.15) is 0 Å². The summed E-state index contributed by atoms with van der Waals surface area (Å²) in [7, 11) is 0. The number of rotatable bonds is 9. The number of imidazole rings is 1. The molecule has 2 aromatic carbocycles. The lowest BCUT2D eigenvalue weighted by Crippen LogP contribution is -2.26. The number of carbonyl (C=O) groups excluding carboxylic acids is 1. The van der Waals surface area contributed by atoms with Crippen molar-refractivity contribution in [2.24, 2.45) is 0 Å². The quantitative estimate of drug-likeness (QED) is 0.446. The van der Waals surface area contributed by atoms with E-state index in [1.165, 1.54) is 5.56 Å². The van der Waals surface area contributed by atoms with Gasteiger partial charge in [-0.15, -0.1) is 0 Å². The van der Waals surface area contributed by atoms with Crippen molar-refractivity contribution in [3.63, 3.8) is 0 Å². The average molecular weight is 420 g/mol. The summed E-state index contributed by atoms with van der Waals surface area (Å²) >= 11 is 0. The molecule has 0 aliphatic carbocycles. The van der Waals surface area contributed by atoms with Crippen molar-refractivity contribution in [2.75, 3.05) is 19.7 Å². The molecule has 31 heavy (non-hydrogen) atoms. The number of likely N-dealkylation sites (tertiary alicyclic amines) is 1. The van der Waals surface area contributed by atoms with Gasteiger partial charge in [-0.1, -0.05) is 37.6 Å². The Balaban J connectivity index is 1.48. The maximum atomic E-state index is 12.5. The van der Waals surface area contributed by atoms with Gasteiger partial charge in [-0.25, -0.2) is 4.98 Å². The summed E-state index contributed by atoms with van der Waals surface area (Å²) in [5, 5.41) is 0. The Kier molecular flexibility index (Phi) is 6.59. The van der Waals surface area contributed by atoms with Crippen LogP contribution < -0.4 is 4.74 Å². The van der Waals surface area contributed by atoms with Crippen molar-refractivity contribution in [3.05, 3.63) is 59.4 Å². The third-order valence-electron chi connectivity index (χ3n) is 6.17. The highest BCUT2D eigenvalue weighted by atomic mass is 16.5. The van der Waals surface area contributed by atoms with E-state index in [0.717, 1.165) is 67.1 Å². The molecule has 164 valence electrons. The van der Waals surface area contributed by atoms with E-state index >= 15 is 0 Å². The molecule has 3 aromatic rings. The number of para-hydroxylation sites is 2.